The lowest BCUT2D eigenvalue weighted by atomic mass is 9.96. The van der Waals surface area contributed by atoms with E-state index >= 15 is 4.79 Å². The Morgan fingerprint density at radius 2 is 0.974 bits per heavy atom. The molecule has 3 aromatic carbocycles. The first kappa shape index (κ1) is 93.3. The molecular weight excluding hydrogens is 1510 g/mol. The molecule has 26 N–H and O–H groups in total. The number of rotatable bonds is 42. The van der Waals surface area contributed by atoms with Crippen molar-refractivity contribution in [3.05, 3.63) is 102 Å². The molecule has 1 saturated heterocycles. The second-order valence-electron chi connectivity index (χ2n) is 29.0. The van der Waals surface area contributed by atoms with Crippen molar-refractivity contribution in [1.82, 2.24) is 79.1 Å². The quantitative estimate of drug-likeness (QED) is 0.0167. The van der Waals surface area contributed by atoms with Gasteiger partial charge in [-0.25, -0.2) is 4.79 Å². The predicted molar refractivity (Wildman–Crippen MR) is 424 cm³/mol. The van der Waals surface area contributed by atoms with E-state index in [0.717, 1.165) is 6.42 Å². The van der Waals surface area contributed by atoms with Gasteiger partial charge in [0.2, 0.25) is 82.7 Å². The summed E-state index contributed by atoms with van der Waals surface area (Å²) in [6.07, 6.45) is 1.60. The van der Waals surface area contributed by atoms with Crippen molar-refractivity contribution in [2.75, 3.05) is 39.4 Å². The average molecular weight is 1620 g/mol. The van der Waals surface area contributed by atoms with E-state index in [2.05, 4.69) is 79.1 Å². The first-order chi connectivity index (χ1) is 55.3. The van der Waals surface area contributed by atoms with E-state index in [-0.39, 0.29) is 102 Å². The summed E-state index contributed by atoms with van der Waals surface area (Å²) in [6.45, 7) is 6.94. The molecule has 0 saturated carbocycles. The molecule has 1 fully saturated rings. The third-order valence-electron chi connectivity index (χ3n) is 20.0. The van der Waals surface area contributed by atoms with Crippen LogP contribution < -0.4 is 92.1 Å². The Bertz CT molecular complexity index is 4210. The van der Waals surface area contributed by atoms with Crippen molar-refractivity contribution < 1.29 is 92.0 Å². The molecule has 1 unspecified atom stereocenters. The van der Waals surface area contributed by atoms with Crippen LogP contribution in [0.15, 0.2) is 85.2 Å². The van der Waals surface area contributed by atoms with Crippen molar-refractivity contribution in [3.8, 4) is 5.75 Å². The molecule has 1 aliphatic rings. The Kier molecular flexibility index (Phi) is 37.5. The fourth-order valence-electron chi connectivity index (χ4n) is 12.7. The number of ether oxygens (including phenoxy) is 1. The Morgan fingerprint density at radius 3 is 1.48 bits per heavy atom. The summed E-state index contributed by atoms with van der Waals surface area (Å²) < 4.78 is 5.68. The highest BCUT2D eigenvalue weighted by molar-refractivity contribution is 6.01. The van der Waals surface area contributed by atoms with E-state index in [1.165, 1.54) is 38.1 Å². The topological polar surface area (TPSA) is 618 Å². The van der Waals surface area contributed by atoms with Crippen molar-refractivity contribution >= 4 is 110 Å². The minimum absolute atomic E-state index is 0.00671. The second-order valence-corrected chi connectivity index (χ2v) is 29.0. The maximum Gasteiger partial charge on any atom is 0.328 e. The van der Waals surface area contributed by atoms with Crippen LogP contribution in [0, 0.1) is 11.8 Å². The molecule has 1 aliphatic heterocycles. The number of hydrogen-bond acceptors (Lipinski definition) is 22. The number of primary amides is 1. The van der Waals surface area contributed by atoms with Crippen LogP contribution in [0.2, 0.25) is 0 Å². The number of benzene rings is 3. The maximum atomic E-state index is 15.1. The van der Waals surface area contributed by atoms with Gasteiger partial charge in [0.15, 0.2) is 0 Å². The summed E-state index contributed by atoms with van der Waals surface area (Å²) in [6, 6.07) is 0.782. The van der Waals surface area contributed by atoms with E-state index in [1.54, 1.807) is 74.8 Å². The zero-order valence-corrected chi connectivity index (χ0v) is 66.1. The first-order valence-electron chi connectivity index (χ1n) is 38.9. The van der Waals surface area contributed by atoms with Crippen LogP contribution >= 0.6 is 0 Å². The molecule has 3 heterocycles. The van der Waals surface area contributed by atoms with Crippen molar-refractivity contribution in [2.24, 2.45) is 34.8 Å². The monoisotopic (exact) mass is 1620 g/mol. The lowest BCUT2D eigenvalue weighted by molar-refractivity contribution is -0.156. The minimum Gasteiger partial charge on any atom is -0.508 e. The largest absolute Gasteiger partial charge is 0.508 e. The Morgan fingerprint density at radius 1 is 0.509 bits per heavy atom. The minimum atomic E-state index is -1.93. The van der Waals surface area contributed by atoms with Crippen LogP contribution in [0.3, 0.4) is 0 Å². The number of esters is 1. The van der Waals surface area contributed by atoms with Crippen molar-refractivity contribution in [1.29, 1.82) is 0 Å². The molecule has 38 heteroatoms. The average Bonchev–Trinajstić information content (AvgIpc) is 1.67. The van der Waals surface area contributed by atoms with Gasteiger partial charge in [-0.05, 0) is 131 Å². The summed E-state index contributed by atoms with van der Waals surface area (Å²) in [5.74, 6) is -15.4. The number of phenols is 1. The number of H-pyrrole nitrogens is 2. The lowest BCUT2D eigenvalue weighted by Gasteiger charge is -2.32. The SMILES string of the molecule is CCC(C)CCC(=O)N[C@H](CO)C(=O)N[C@H](Cc1ccc(O)cc1)C(=O)N[C@H](Cc1c[nH]c2ccccc12)C(=O)N[C@H](CCCN)C(=O)N[C@@H](CCCN)C(=O)NCC(=O)N[C@H](CCCN)C(=O)N[C@@H](Cc1c[nH]c2ccccc12)C(=O)N[C@@H]1C(=O)N[C@@H]([C@@H](C)CC)C(=O)N[C@@H](CC(N)=O)C(=O)N[C@@H](CO)C(=O)N[C@@H](C)C(=O)O[C@@H]1C. The van der Waals surface area contributed by atoms with E-state index in [0.29, 0.717) is 44.9 Å². The zero-order chi connectivity index (χ0) is 85.3. The highest BCUT2D eigenvalue weighted by Crippen LogP contribution is 2.23. The number of fused-ring (bicyclic) bond motifs is 2. The summed E-state index contributed by atoms with van der Waals surface area (Å²) in [7, 11) is 0. The van der Waals surface area contributed by atoms with Crippen LogP contribution in [-0.2, 0) is 95.9 Å². The molecule has 0 aliphatic carbocycles. The number of amides is 14. The van der Waals surface area contributed by atoms with Gasteiger partial charge in [0.25, 0.3) is 0 Å². The van der Waals surface area contributed by atoms with E-state index in [1.807, 2.05) is 13.8 Å². The van der Waals surface area contributed by atoms with Gasteiger partial charge >= 0.3 is 5.97 Å². The molecule has 15 atom stereocenters. The number of carbonyl (C=O) groups is 15. The van der Waals surface area contributed by atoms with Gasteiger partial charge in [0, 0.05) is 59.9 Å². The molecule has 634 valence electrons. The number of carbonyl (C=O) groups excluding carboxylic acids is 15. The Balaban J connectivity index is 1.24. The van der Waals surface area contributed by atoms with E-state index in [9.17, 15) is 82.4 Å². The van der Waals surface area contributed by atoms with E-state index in [4.69, 9.17) is 27.7 Å². The summed E-state index contributed by atoms with van der Waals surface area (Å²) in [5, 5.41) is 64.9. The van der Waals surface area contributed by atoms with Gasteiger partial charge in [-0.3, -0.25) is 67.1 Å². The highest BCUT2D eigenvalue weighted by Gasteiger charge is 2.41. The van der Waals surface area contributed by atoms with Crippen LogP contribution in [0.4, 0.5) is 0 Å². The van der Waals surface area contributed by atoms with Gasteiger partial charge in [-0.1, -0.05) is 89.1 Å². The first-order valence-corrected chi connectivity index (χ1v) is 38.9. The number of phenolic OH excluding ortho intramolecular Hbond substituents is 1. The van der Waals surface area contributed by atoms with Gasteiger partial charge in [0.1, 0.15) is 84.4 Å². The molecule has 0 spiro atoms. The van der Waals surface area contributed by atoms with Crippen LogP contribution in [0.1, 0.15) is 129 Å². The molecule has 5 aromatic rings. The Labute approximate surface area is 670 Å². The van der Waals surface area contributed by atoms with Crippen LogP contribution in [0.25, 0.3) is 21.8 Å². The second kappa shape index (κ2) is 46.7. The molecule has 14 amide bonds. The summed E-state index contributed by atoms with van der Waals surface area (Å²) in [5.41, 5.74) is 26.0. The number of cyclic esters (lactones) is 1. The fourth-order valence-corrected chi connectivity index (χ4v) is 12.7. The number of hydrogen-bond donors (Lipinski definition) is 22. The predicted octanol–water partition coefficient (Wildman–Crippen LogP) is -3.77. The zero-order valence-electron chi connectivity index (χ0n) is 66.1. The number of nitrogens with one attached hydrogen (secondary N) is 15. The standard InChI is InChI=1S/C78H113N19O19/c1-7-41(3)23-28-63(102)88-60(39-98)75(112)91-56(32-45-24-26-48(100)27-25-45)70(107)93-57(33-46-36-83-51-18-11-9-16-49(46)51)71(108)90-55(22-15-31-81)69(106)89-53(20-13-29-79)67(104)85-38-64(103)87-54(21-14-30-80)68(105)92-58(34-47-37-84-52-19-12-10-17-50(47)52)73(110)97-66-44(6)116-78(115)43(5)86-74(111)61(40-99)95-72(109)59(35-62(82)101)94-76(113)65(42(4)8-2)96-77(66)114/h9-12,16-19,24-27,36-37,41-44,53-61,65-66,83-84,98-100H,7-8,13-15,20-23,28-35,38-40,79-81H2,1-6H3,(H2,82,101)(H,85,104)(H,86,111)(H,87,103)(H,88,102)(H,89,106)(H,90,108)(H,91,112)(H,92,105)(H,93,107)(H,94,113)(H,95,109)(H,96,114)(H,97,110)/t41?,42-,43-,44+,53-,54+,55+,56+,57+,58-,59-,60+,61-,65-,66-/m0/s1. The van der Waals surface area contributed by atoms with E-state index < -0.39 is 199 Å². The molecule has 0 bridgehead atoms. The Hall–Kier alpha value is -11.6. The number of para-hydroxylation sites is 2. The number of nitrogens with two attached hydrogens (primary N) is 4. The van der Waals surface area contributed by atoms with Crippen LogP contribution in [0.5, 0.6) is 5.75 Å². The van der Waals surface area contributed by atoms with Gasteiger partial charge in [-0.2, -0.15) is 0 Å². The highest BCUT2D eigenvalue weighted by atomic mass is 16.5. The molecule has 38 nitrogen and oxygen atoms in total. The number of aromatic amines is 2. The third kappa shape index (κ3) is 28.4. The lowest BCUT2D eigenvalue weighted by Crippen LogP contribution is -2.64. The smallest absolute Gasteiger partial charge is 0.328 e. The molecule has 116 heavy (non-hydrogen) atoms. The van der Waals surface area contributed by atoms with Crippen molar-refractivity contribution in [2.45, 2.75) is 210 Å². The normalized spacial score (nSPS) is 19.2. The van der Waals surface area contributed by atoms with Gasteiger partial charge < -0.3 is 122 Å². The molecule has 0 radical (unpaired) electrons. The summed E-state index contributed by atoms with van der Waals surface area (Å²) in [4.78, 5) is 218. The number of aromatic hydroxyl groups is 1. The number of aromatic nitrogens is 2. The fraction of sp³-hybridized carbons (Fsp3) is 0.526. The number of aliphatic hydroxyl groups excluding tert-OH is 2. The van der Waals surface area contributed by atoms with Crippen LogP contribution in [-0.4, -0.2) is 232 Å². The third-order valence-corrected chi connectivity index (χ3v) is 20.0. The molecule has 6 rings (SSSR count). The van der Waals surface area contributed by atoms with Gasteiger partial charge in [-0.15, -0.1) is 0 Å². The summed E-state index contributed by atoms with van der Waals surface area (Å²) >= 11 is 0. The molecule has 2 aromatic heterocycles. The van der Waals surface area contributed by atoms with Gasteiger partial charge in [0.05, 0.1) is 26.2 Å². The van der Waals surface area contributed by atoms with Crippen molar-refractivity contribution in [3.63, 3.8) is 0 Å². The number of aliphatic hydroxyl groups is 2. The maximum absolute atomic E-state index is 15.1. The molecular formula is C78H113N19O19.